The van der Waals surface area contributed by atoms with Gasteiger partial charge in [-0.25, -0.2) is 0 Å². The molecule has 0 amide bonds. The van der Waals surface area contributed by atoms with E-state index in [2.05, 4.69) is 11.8 Å². The number of halogens is 2. The number of anilines is 1. The summed E-state index contributed by atoms with van der Waals surface area (Å²) in [5.74, 6) is 0.496. The highest BCUT2D eigenvalue weighted by Gasteiger charge is 2.09. The minimum atomic E-state index is 0.496. The first-order valence-electron chi connectivity index (χ1n) is 5.31. The minimum absolute atomic E-state index is 0.496. The second-order valence-electron chi connectivity index (χ2n) is 3.48. The van der Waals surface area contributed by atoms with E-state index in [9.17, 15) is 0 Å². The number of likely N-dealkylation sites (N-methyl/N-ethyl adjacent to an activating group) is 1. The van der Waals surface area contributed by atoms with Crippen molar-refractivity contribution in [3.8, 4) is 0 Å². The third-order valence-corrected chi connectivity index (χ3v) is 3.00. The first kappa shape index (κ1) is 13.6. The molecule has 1 rings (SSSR count). The molecule has 0 fully saturated rings. The summed E-state index contributed by atoms with van der Waals surface area (Å²) in [6, 6.07) is 5.80. The second-order valence-corrected chi connectivity index (χ2v) is 4.18. The highest BCUT2D eigenvalue weighted by atomic mass is 35.5. The maximum Gasteiger partial charge on any atom is 0.0637 e. The van der Waals surface area contributed by atoms with Gasteiger partial charge >= 0.3 is 0 Å². The first-order chi connectivity index (χ1) is 7.72. The molecule has 0 aliphatic rings. The van der Waals surface area contributed by atoms with E-state index in [-0.39, 0.29) is 0 Å². The zero-order chi connectivity index (χ0) is 12.0. The Balaban J connectivity index is 2.92. The molecule has 0 aliphatic heterocycles. The van der Waals surface area contributed by atoms with E-state index in [1.54, 1.807) is 7.11 Å². The summed E-state index contributed by atoms with van der Waals surface area (Å²) >= 11 is 11.9. The number of alkyl halides is 1. The highest BCUT2D eigenvalue weighted by molar-refractivity contribution is 6.31. The second kappa shape index (κ2) is 7.00. The smallest absolute Gasteiger partial charge is 0.0637 e. The summed E-state index contributed by atoms with van der Waals surface area (Å²) in [5, 5.41) is 0.736. The number of methoxy groups -OCH3 is 1. The van der Waals surface area contributed by atoms with Gasteiger partial charge in [0.15, 0.2) is 0 Å². The standard InChI is InChI=1S/C12H17Cl2NO/c1-3-15(6-7-16-2)12-8-11(14)5-4-10(12)9-13/h4-5,8H,3,6-7,9H2,1-2H3. The summed E-state index contributed by atoms with van der Waals surface area (Å²) < 4.78 is 5.09. The van der Waals surface area contributed by atoms with Crippen LogP contribution in [-0.2, 0) is 10.6 Å². The van der Waals surface area contributed by atoms with Crippen molar-refractivity contribution in [2.24, 2.45) is 0 Å². The summed E-state index contributed by atoms with van der Waals surface area (Å²) in [7, 11) is 1.70. The van der Waals surface area contributed by atoms with Crippen LogP contribution in [0.15, 0.2) is 18.2 Å². The molecule has 0 aromatic heterocycles. The third-order valence-electron chi connectivity index (χ3n) is 2.48. The largest absolute Gasteiger partial charge is 0.383 e. The normalized spacial score (nSPS) is 10.5. The van der Waals surface area contributed by atoms with Crippen LogP contribution in [0.3, 0.4) is 0 Å². The summed E-state index contributed by atoms with van der Waals surface area (Å²) in [6.45, 7) is 4.56. The van der Waals surface area contributed by atoms with Crippen molar-refractivity contribution >= 4 is 28.9 Å². The van der Waals surface area contributed by atoms with E-state index in [0.717, 1.165) is 29.4 Å². The Kier molecular flexibility index (Phi) is 5.96. The van der Waals surface area contributed by atoms with Gasteiger partial charge in [0.2, 0.25) is 0 Å². The molecule has 0 atom stereocenters. The fourth-order valence-electron chi connectivity index (χ4n) is 1.59. The predicted octanol–water partition coefficient (Wildman–Crippen LogP) is 3.55. The fraction of sp³-hybridized carbons (Fsp3) is 0.500. The average Bonchev–Trinajstić information content (AvgIpc) is 2.30. The number of hydrogen-bond acceptors (Lipinski definition) is 2. The van der Waals surface area contributed by atoms with Crippen molar-refractivity contribution in [2.45, 2.75) is 12.8 Å². The Morgan fingerprint density at radius 1 is 1.38 bits per heavy atom. The van der Waals surface area contributed by atoms with Crippen LogP contribution in [0.4, 0.5) is 5.69 Å². The van der Waals surface area contributed by atoms with Crippen molar-refractivity contribution in [1.82, 2.24) is 0 Å². The summed E-state index contributed by atoms with van der Waals surface area (Å²) in [6.07, 6.45) is 0. The van der Waals surface area contributed by atoms with Gasteiger partial charge in [-0.05, 0) is 24.6 Å². The van der Waals surface area contributed by atoms with Crippen molar-refractivity contribution in [1.29, 1.82) is 0 Å². The highest BCUT2D eigenvalue weighted by Crippen LogP contribution is 2.26. The Hall–Kier alpha value is -0.440. The van der Waals surface area contributed by atoms with Crippen molar-refractivity contribution in [3.05, 3.63) is 28.8 Å². The van der Waals surface area contributed by atoms with Gasteiger partial charge in [0, 0.05) is 36.8 Å². The van der Waals surface area contributed by atoms with Gasteiger partial charge in [-0.2, -0.15) is 0 Å². The van der Waals surface area contributed by atoms with Crippen molar-refractivity contribution in [3.63, 3.8) is 0 Å². The quantitative estimate of drug-likeness (QED) is 0.727. The maximum absolute atomic E-state index is 6.01. The number of hydrogen-bond donors (Lipinski definition) is 0. The van der Waals surface area contributed by atoms with E-state index in [0.29, 0.717) is 12.5 Å². The van der Waals surface area contributed by atoms with Crippen molar-refractivity contribution in [2.75, 3.05) is 31.7 Å². The Morgan fingerprint density at radius 3 is 2.69 bits per heavy atom. The molecule has 0 radical (unpaired) electrons. The molecule has 90 valence electrons. The third kappa shape index (κ3) is 3.55. The van der Waals surface area contributed by atoms with Crippen LogP contribution < -0.4 is 4.90 Å². The Bertz CT molecular complexity index is 331. The van der Waals surface area contributed by atoms with Gasteiger partial charge < -0.3 is 9.64 Å². The van der Waals surface area contributed by atoms with Gasteiger partial charge in [0.05, 0.1) is 6.61 Å². The van der Waals surface area contributed by atoms with Crippen LogP contribution in [0.5, 0.6) is 0 Å². The van der Waals surface area contributed by atoms with Crippen LogP contribution >= 0.6 is 23.2 Å². The molecule has 0 saturated carbocycles. The molecular formula is C12H17Cl2NO. The summed E-state index contributed by atoms with van der Waals surface area (Å²) in [5.41, 5.74) is 2.20. The lowest BCUT2D eigenvalue weighted by Gasteiger charge is -2.25. The molecule has 0 N–H and O–H groups in total. The molecule has 0 spiro atoms. The van der Waals surface area contributed by atoms with Crippen LogP contribution in [0, 0.1) is 0 Å². The van der Waals surface area contributed by atoms with Crippen LogP contribution in [0.1, 0.15) is 12.5 Å². The van der Waals surface area contributed by atoms with Crippen molar-refractivity contribution < 1.29 is 4.74 Å². The minimum Gasteiger partial charge on any atom is -0.383 e. The lowest BCUT2D eigenvalue weighted by Crippen LogP contribution is -2.27. The lowest BCUT2D eigenvalue weighted by atomic mass is 10.2. The predicted molar refractivity (Wildman–Crippen MR) is 70.8 cm³/mol. The number of nitrogens with zero attached hydrogens (tertiary/aromatic N) is 1. The molecule has 4 heteroatoms. The number of ether oxygens (including phenoxy) is 1. The molecular weight excluding hydrogens is 245 g/mol. The zero-order valence-electron chi connectivity index (χ0n) is 9.67. The van der Waals surface area contributed by atoms with Gasteiger partial charge in [-0.1, -0.05) is 17.7 Å². The molecule has 0 aliphatic carbocycles. The van der Waals surface area contributed by atoms with Crippen LogP contribution in [-0.4, -0.2) is 26.8 Å². The number of rotatable bonds is 6. The molecule has 0 unspecified atom stereocenters. The topological polar surface area (TPSA) is 12.5 Å². The molecule has 1 aromatic rings. The lowest BCUT2D eigenvalue weighted by molar-refractivity contribution is 0.205. The van der Waals surface area contributed by atoms with E-state index >= 15 is 0 Å². The van der Waals surface area contributed by atoms with Gasteiger partial charge in [0.1, 0.15) is 0 Å². The van der Waals surface area contributed by atoms with E-state index in [4.69, 9.17) is 27.9 Å². The number of benzene rings is 1. The molecule has 2 nitrogen and oxygen atoms in total. The average molecular weight is 262 g/mol. The zero-order valence-corrected chi connectivity index (χ0v) is 11.2. The molecule has 16 heavy (non-hydrogen) atoms. The molecule has 0 heterocycles. The molecule has 0 saturated heterocycles. The van der Waals surface area contributed by atoms with E-state index in [1.165, 1.54) is 0 Å². The SMILES string of the molecule is CCN(CCOC)c1cc(Cl)ccc1CCl. The Labute approximate surface area is 107 Å². The van der Waals surface area contributed by atoms with E-state index < -0.39 is 0 Å². The monoisotopic (exact) mass is 261 g/mol. The van der Waals surface area contributed by atoms with Crippen LogP contribution in [0.25, 0.3) is 0 Å². The van der Waals surface area contributed by atoms with Gasteiger partial charge in [0.25, 0.3) is 0 Å². The van der Waals surface area contributed by atoms with Gasteiger partial charge in [-0.15, -0.1) is 11.6 Å². The van der Waals surface area contributed by atoms with Gasteiger partial charge in [-0.3, -0.25) is 0 Å². The summed E-state index contributed by atoms with van der Waals surface area (Å²) in [4.78, 5) is 2.22. The molecule has 0 bridgehead atoms. The first-order valence-corrected chi connectivity index (χ1v) is 6.22. The Morgan fingerprint density at radius 2 is 2.12 bits per heavy atom. The molecule has 1 aromatic carbocycles. The van der Waals surface area contributed by atoms with Crippen LogP contribution in [0.2, 0.25) is 5.02 Å². The van der Waals surface area contributed by atoms with E-state index in [1.807, 2.05) is 18.2 Å². The maximum atomic E-state index is 6.01. The fourth-order valence-corrected chi connectivity index (χ4v) is 1.99.